The van der Waals surface area contributed by atoms with Gasteiger partial charge in [-0.15, -0.1) is 11.6 Å². The highest BCUT2D eigenvalue weighted by Gasteiger charge is 2.32. The summed E-state index contributed by atoms with van der Waals surface area (Å²) in [6, 6.07) is 0. The molecule has 0 aromatic heterocycles. The fourth-order valence-electron chi connectivity index (χ4n) is 1.40. The van der Waals surface area contributed by atoms with E-state index in [-0.39, 0.29) is 5.00 Å². The third kappa shape index (κ3) is 6.70. The van der Waals surface area contributed by atoms with Crippen molar-refractivity contribution in [1.29, 1.82) is 0 Å². The van der Waals surface area contributed by atoms with Crippen molar-refractivity contribution in [3.63, 3.8) is 0 Å². The van der Waals surface area contributed by atoms with Gasteiger partial charge in [-0.1, -0.05) is 68.6 Å². The van der Waals surface area contributed by atoms with Crippen LogP contribution in [0.1, 0.15) is 6.42 Å². The fourth-order valence-corrected chi connectivity index (χ4v) is 5.06. The number of hydrogen-bond donors (Lipinski definition) is 0. The Morgan fingerprint density at radius 1 is 1.00 bits per heavy atom. The Bertz CT molecular complexity index is 247. The van der Waals surface area contributed by atoms with Crippen LogP contribution in [0.25, 0.3) is 0 Å². The molecule has 5 heteroatoms. The predicted molar refractivity (Wildman–Crippen MR) is 84.5 cm³/mol. The molecule has 0 aliphatic carbocycles. The van der Waals surface area contributed by atoms with E-state index in [9.17, 15) is 0 Å². The van der Waals surface area contributed by atoms with E-state index < -0.39 is 16.1 Å². The first kappa shape index (κ1) is 17.0. The largest absolute Gasteiger partial charge is 0.127 e. The Morgan fingerprint density at radius 3 is 1.69 bits per heavy atom. The van der Waals surface area contributed by atoms with Crippen molar-refractivity contribution in [3.8, 4) is 0 Å². The van der Waals surface area contributed by atoms with E-state index in [4.69, 9.17) is 34.8 Å². The van der Waals surface area contributed by atoms with Gasteiger partial charge in [-0.2, -0.15) is 0 Å². The molecule has 0 bridgehead atoms. The smallest absolute Gasteiger partial charge is 0.102 e. The molecule has 0 aromatic rings. The number of halogens is 3. The highest BCUT2D eigenvalue weighted by Crippen LogP contribution is 2.35. The molecule has 16 heavy (non-hydrogen) atoms. The van der Waals surface area contributed by atoms with Crippen molar-refractivity contribution in [1.82, 2.24) is 0 Å². The second-order valence-corrected chi connectivity index (χ2v) is 19.3. The lowest BCUT2D eigenvalue weighted by atomic mass is 10.3. The molecule has 0 saturated carbocycles. The first-order valence-corrected chi connectivity index (χ1v) is 14.0. The zero-order chi connectivity index (χ0) is 13.1. The maximum atomic E-state index is 6.51. The van der Waals surface area contributed by atoms with E-state index in [1.54, 1.807) is 0 Å². The van der Waals surface area contributed by atoms with E-state index in [0.29, 0.717) is 10.0 Å². The van der Waals surface area contributed by atoms with Crippen molar-refractivity contribution in [2.75, 3.05) is 0 Å². The highest BCUT2D eigenvalue weighted by atomic mass is 35.5. The summed E-state index contributed by atoms with van der Waals surface area (Å²) in [6.07, 6.45) is 3.00. The van der Waals surface area contributed by atoms with Crippen LogP contribution in [0.15, 0.2) is 10.6 Å². The topological polar surface area (TPSA) is 0 Å². The van der Waals surface area contributed by atoms with Crippen LogP contribution in [0, 0.1) is 0 Å². The third-order valence-corrected chi connectivity index (χ3v) is 9.98. The molecule has 0 fully saturated rings. The SMILES string of the molecule is C[Si](C)(C)[C@H](Cl)C[C@@H](C=C(Cl)Cl)[Si](C)(C)C. The van der Waals surface area contributed by atoms with Gasteiger partial charge < -0.3 is 0 Å². The lowest BCUT2D eigenvalue weighted by Crippen LogP contribution is -2.38. The molecule has 0 rings (SSSR count). The lowest BCUT2D eigenvalue weighted by Gasteiger charge is -2.32. The Kier molecular flexibility index (Phi) is 6.69. The van der Waals surface area contributed by atoms with Gasteiger partial charge in [0.25, 0.3) is 0 Å². The van der Waals surface area contributed by atoms with Crippen LogP contribution in [-0.2, 0) is 0 Å². The number of rotatable bonds is 5. The van der Waals surface area contributed by atoms with E-state index >= 15 is 0 Å². The predicted octanol–water partition coefficient (Wildman–Crippen LogP) is 5.89. The molecule has 0 spiro atoms. The van der Waals surface area contributed by atoms with Crippen LogP contribution in [0.5, 0.6) is 0 Å². The third-order valence-electron chi connectivity index (χ3n) is 2.84. The molecule has 0 aliphatic rings. The lowest BCUT2D eigenvalue weighted by molar-refractivity contribution is 0.866. The monoisotopic (exact) mass is 316 g/mol. The molecule has 2 atom stereocenters. The Hall–Kier alpha value is 1.04. The molecule has 0 heterocycles. The summed E-state index contributed by atoms with van der Waals surface area (Å²) in [5.74, 6) is 0. The van der Waals surface area contributed by atoms with E-state index in [2.05, 4.69) is 39.3 Å². The zero-order valence-corrected chi connectivity index (χ0v) is 15.3. The average Bonchev–Trinajstić information content (AvgIpc) is 1.98. The molecular weight excluding hydrogens is 295 g/mol. The molecular formula is C11H23Cl3Si2. The summed E-state index contributed by atoms with van der Waals surface area (Å²) >= 11 is 18.1. The van der Waals surface area contributed by atoms with Crippen molar-refractivity contribution in [3.05, 3.63) is 10.6 Å². The van der Waals surface area contributed by atoms with E-state index in [1.807, 2.05) is 6.08 Å². The molecule has 0 nitrogen and oxygen atoms in total. The van der Waals surface area contributed by atoms with Gasteiger partial charge in [0.15, 0.2) is 0 Å². The standard InChI is InChI=1S/C11H23Cl3Si2/c1-15(2,3)9(7-10(12)13)8-11(14)16(4,5)6/h7,9,11H,8H2,1-6H3/t9-,11+/m1/s1. The fraction of sp³-hybridized carbons (Fsp3) is 0.818. The van der Waals surface area contributed by atoms with Crippen LogP contribution >= 0.6 is 34.8 Å². The van der Waals surface area contributed by atoms with Gasteiger partial charge in [-0.05, 0) is 12.0 Å². The molecule has 96 valence electrons. The van der Waals surface area contributed by atoms with Gasteiger partial charge in [0.1, 0.15) is 4.49 Å². The number of hydrogen-bond acceptors (Lipinski definition) is 0. The second kappa shape index (κ2) is 6.28. The first-order valence-electron chi connectivity index (χ1n) is 5.61. The van der Waals surface area contributed by atoms with Crippen LogP contribution in [0.2, 0.25) is 44.8 Å². The second-order valence-electron chi connectivity index (χ2n) is 6.50. The minimum absolute atomic E-state index is 0.285. The molecule has 0 N–H and O–H groups in total. The maximum absolute atomic E-state index is 6.51. The van der Waals surface area contributed by atoms with Crippen LogP contribution in [-0.4, -0.2) is 21.1 Å². The Balaban J connectivity index is 4.77. The van der Waals surface area contributed by atoms with Crippen molar-refractivity contribution in [2.24, 2.45) is 0 Å². The van der Waals surface area contributed by atoms with E-state index in [0.717, 1.165) is 6.42 Å². The first-order chi connectivity index (χ1) is 6.94. The Labute approximate surface area is 117 Å². The van der Waals surface area contributed by atoms with Crippen molar-refractivity contribution in [2.45, 2.75) is 56.2 Å². The minimum Gasteiger partial charge on any atom is -0.127 e. The summed E-state index contributed by atoms with van der Waals surface area (Å²) in [5.41, 5.74) is 0.465. The van der Waals surface area contributed by atoms with E-state index in [1.165, 1.54) is 0 Å². The highest BCUT2D eigenvalue weighted by molar-refractivity contribution is 6.84. The van der Waals surface area contributed by atoms with Crippen molar-refractivity contribution >= 4 is 51.0 Å². The molecule has 0 saturated heterocycles. The van der Waals surface area contributed by atoms with Crippen LogP contribution in [0.4, 0.5) is 0 Å². The molecule has 0 amide bonds. The molecule has 0 aliphatic heterocycles. The quantitative estimate of drug-likeness (QED) is 0.438. The van der Waals surface area contributed by atoms with Gasteiger partial charge in [0.2, 0.25) is 0 Å². The summed E-state index contributed by atoms with van der Waals surface area (Å²) in [6.45, 7) is 13.9. The van der Waals surface area contributed by atoms with Gasteiger partial charge in [0.05, 0.1) is 16.1 Å². The van der Waals surface area contributed by atoms with Crippen LogP contribution in [0.3, 0.4) is 0 Å². The molecule has 0 aromatic carbocycles. The Morgan fingerprint density at radius 2 is 1.44 bits per heavy atom. The van der Waals surface area contributed by atoms with Gasteiger partial charge in [-0.3, -0.25) is 0 Å². The summed E-state index contributed by atoms with van der Waals surface area (Å²) in [4.78, 5) is 0. The number of alkyl halides is 1. The van der Waals surface area contributed by atoms with Crippen LogP contribution < -0.4 is 0 Å². The van der Waals surface area contributed by atoms with Gasteiger partial charge in [-0.25, -0.2) is 0 Å². The van der Waals surface area contributed by atoms with Crippen molar-refractivity contribution < 1.29 is 0 Å². The minimum atomic E-state index is -1.30. The maximum Gasteiger partial charge on any atom is 0.102 e. The summed E-state index contributed by atoms with van der Waals surface area (Å²) in [5, 5.41) is 0.285. The normalized spacial score (nSPS) is 16.8. The van der Waals surface area contributed by atoms with Gasteiger partial charge >= 0.3 is 0 Å². The zero-order valence-electron chi connectivity index (χ0n) is 11.1. The average molecular weight is 318 g/mol. The van der Waals surface area contributed by atoms with Gasteiger partial charge in [0, 0.05) is 5.00 Å². The molecule has 0 unspecified atom stereocenters. The summed E-state index contributed by atoms with van der Waals surface area (Å²) < 4.78 is 0.381. The summed E-state index contributed by atoms with van der Waals surface area (Å²) in [7, 11) is -2.58. The molecule has 0 radical (unpaired) electrons. The number of allylic oxidation sites excluding steroid dienone is 1.